The summed E-state index contributed by atoms with van der Waals surface area (Å²) in [4.78, 5) is 0. The van der Waals surface area contributed by atoms with Crippen molar-refractivity contribution in [2.45, 2.75) is 11.9 Å². The number of aliphatic hydroxyl groups excluding tert-OH is 1. The van der Waals surface area contributed by atoms with Gasteiger partial charge in [-0.1, -0.05) is 36.4 Å². The average Bonchev–Trinajstić information content (AvgIpc) is 2.48. The molecule has 1 unspecified atom stereocenters. The van der Waals surface area contributed by atoms with Crippen LogP contribution in [0.2, 0.25) is 0 Å². The zero-order valence-electron chi connectivity index (χ0n) is 11.9. The predicted molar refractivity (Wildman–Crippen MR) is 81.8 cm³/mol. The maximum absolute atomic E-state index is 13.5. The highest BCUT2D eigenvalue weighted by atomic mass is 32.2. The SMILES string of the molecule is O=S(=O)(Cc1ccccc1F)CC(O)COc1ccccc1. The number of sulfone groups is 1. The molecule has 0 saturated carbocycles. The first-order valence-corrected chi connectivity index (χ1v) is 8.58. The summed E-state index contributed by atoms with van der Waals surface area (Å²) in [6, 6.07) is 14.5. The standard InChI is InChI=1S/C16H17FO4S/c17-16-9-5-4-6-13(16)11-22(19,20)12-14(18)10-21-15-7-2-1-3-8-15/h1-9,14,18H,10-12H2. The summed E-state index contributed by atoms with van der Waals surface area (Å²) in [6.45, 7) is -0.138. The van der Waals surface area contributed by atoms with Crippen LogP contribution in [0.3, 0.4) is 0 Å². The van der Waals surface area contributed by atoms with Crippen molar-refractivity contribution in [2.75, 3.05) is 12.4 Å². The van der Waals surface area contributed by atoms with Gasteiger partial charge >= 0.3 is 0 Å². The second-order valence-electron chi connectivity index (χ2n) is 4.92. The quantitative estimate of drug-likeness (QED) is 0.848. The van der Waals surface area contributed by atoms with Gasteiger partial charge in [0.15, 0.2) is 9.84 Å². The molecular weight excluding hydrogens is 307 g/mol. The molecule has 0 bridgehead atoms. The summed E-state index contributed by atoms with van der Waals surface area (Å²) in [5, 5.41) is 9.80. The maximum atomic E-state index is 13.5. The van der Waals surface area contributed by atoms with Gasteiger partial charge in [-0.25, -0.2) is 12.8 Å². The van der Waals surface area contributed by atoms with Crippen molar-refractivity contribution < 1.29 is 22.7 Å². The lowest BCUT2D eigenvalue weighted by Crippen LogP contribution is -2.28. The predicted octanol–water partition coefficient (Wildman–Crippen LogP) is 2.18. The van der Waals surface area contributed by atoms with E-state index in [0.29, 0.717) is 5.75 Å². The Labute approximate surface area is 129 Å². The zero-order valence-corrected chi connectivity index (χ0v) is 12.7. The molecule has 0 aromatic heterocycles. The Hall–Kier alpha value is -1.92. The van der Waals surface area contributed by atoms with Crippen molar-refractivity contribution >= 4 is 9.84 Å². The number of para-hydroxylation sites is 1. The molecule has 2 aromatic rings. The minimum Gasteiger partial charge on any atom is -0.491 e. The first-order valence-electron chi connectivity index (χ1n) is 6.76. The van der Waals surface area contributed by atoms with Gasteiger partial charge < -0.3 is 9.84 Å². The molecular formula is C16H17FO4S. The van der Waals surface area contributed by atoms with Crippen molar-refractivity contribution in [1.29, 1.82) is 0 Å². The lowest BCUT2D eigenvalue weighted by molar-refractivity contribution is 0.125. The second kappa shape index (κ2) is 7.38. The van der Waals surface area contributed by atoms with Crippen molar-refractivity contribution in [2.24, 2.45) is 0 Å². The minimum absolute atomic E-state index is 0.0960. The molecule has 1 atom stereocenters. The maximum Gasteiger partial charge on any atom is 0.157 e. The van der Waals surface area contributed by atoms with E-state index in [1.807, 2.05) is 6.07 Å². The molecule has 6 heteroatoms. The van der Waals surface area contributed by atoms with Gasteiger partial charge in [-0.3, -0.25) is 0 Å². The van der Waals surface area contributed by atoms with E-state index in [-0.39, 0.29) is 12.2 Å². The number of ether oxygens (including phenoxy) is 1. The Kier molecular flexibility index (Phi) is 5.51. The van der Waals surface area contributed by atoms with E-state index in [4.69, 9.17) is 4.74 Å². The van der Waals surface area contributed by atoms with Gasteiger partial charge in [-0.15, -0.1) is 0 Å². The van der Waals surface area contributed by atoms with Crippen LogP contribution in [0.15, 0.2) is 54.6 Å². The molecule has 0 spiro atoms. The monoisotopic (exact) mass is 324 g/mol. The summed E-state index contributed by atoms with van der Waals surface area (Å²) in [5.41, 5.74) is 0.0960. The van der Waals surface area contributed by atoms with Crippen LogP contribution in [0.25, 0.3) is 0 Å². The van der Waals surface area contributed by atoms with Crippen LogP contribution in [0.1, 0.15) is 5.56 Å². The summed E-state index contributed by atoms with van der Waals surface area (Å²) in [5.74, 6) is -0.940. The Morgan fingerprint density at radius 2 is 1.68 bits per heavy atom. The number of rotatable bonds is 7. The van der Waals surface area contributed by atoms with Crippen LogP contribution in [0.4, 0.5) is 4.39 Å². The van der Waals surface area contributed by atoms with E-state index < -0.39 is 33.3 Å². The van der Waals surface area contributed by atoms with Gasteiger partial charge in [-0.05, 0) is 18.2 Å². The van der Waals surface area contributed by atoms with Gasteiger partial charge in [-0.2, -0.15) is 0 Å². The van der Waals surface area contributed by atoms with E-state index in [1.165, 1.54) is 18.2 Å². The molecule has 0 saturated heterocycles. The first-order chi connectivity index (χ1) is 10.5. The summed E-state index contributed by atoms with van der Waals surface area (Å²) in [7, 11) is -3.63. The van der Waals surface area contributed by atoms with Crippen molar-refractivity contribution in [3.05, 3.63) is 66.0 Å². The third-order valence-electron chi connectivity index (χ3n) is 2.97. The third-order valence-corrected chi connectivity index (χ3v) is 4.61. The lowest BCUT2D eigenvalue weighted by atomic mass is 10.2. The fraction of sp³-hybridized carbons (Fsp3) is 0.250. The Morgan fingerprint density at radius 1 is 1.05 bits per heavy atom. The summed E-state index contributed by atoms with van der Waals surface area (Å²) < 4.78 is 42.8. The molecule has 22 heavy (non-hydrogen) atoms. The van der Waals surface area contributed by atoms with E-state index in [2.05, 4.69) is 0 Å². The van der Waals surface area contributed by atoms with Crippen molar-refractivity contribution in [3.8, 4) is 5.75 Å². The van der Waals surface area contributed by atoms with Gasteiger partial charge in [0.1, 0.15) is 24.3 Å². The highest BCUT2D eigenvalue weighted by Gasteiger charge is 2.20. The molecule has 0 amide bonds. The molecule has 0 fully saturated rings. The molecule has 4 nitrogen and oxygen atoms in total. The molecule has 1 N–H and O–H groups in total. The second-order valence-corrected chi connectivity index (χ2v) is 7.03. The molecule has 2 aromatic carbocycles. The summed E-state index contributed by atoms with van der Waals surface area (Å²) in [6.07, 6.45) is -1.17. The smallest absolute Gasteiger partial charge is 0.157 e. The van der Waals surface area contributed by atoms with Crippen molar-refractivity contribution in [1.82, 2.24) is 0 Å². The normalized spacial score (nSPS) is 12.8. The Balaban J connectivity index is 1.90. The lowest BCUT2D eigenvalue weighted by Gasteiger charge is -2.13. The fourth-order valence-electron chi connectivity index (χ4n) is 1.96. The number of hydrogen-bond acceptors (Lipinski definition) is 4. The van der Waals surface area contributed by atoms with Crippen LogP contribution in [-0.2, 0) is 15.6 Å². The van der Waals surface area contributed by atoms with E-state index in [9.17, 15) is 17.9 Å². The van der Waals surface area contributed by atoms with Gasteiger partial charge in [0.25, 0.3) is 0 Å². The zero-order chi connectivity index (χ0) is 16.0. The summed E-state index contributed by atoms with van der Waals surface area (Å²) >= 11 is 0. The van der Waals surface area contributed by atoms with Crippen LogP contribution in [0, 0.1) is 5.82 Å². The first kappa shape index (κ1) is 16.5. The molecule has 118 valence electrons. The molecule has 0 heterocycles. The number of hydrogen-bond donors (Lipinski definition) is 1. The van der Waals surface area contributed by atoms with Crippen molar-refractivity contribution in [3.63, 3.8) is 0 Å². The van der Waals surface area contributed by atoms with Crippen LogP contribution in [0.5, 0.6) is 5.75 Å². The molecule has 0 radical (unpaired) electrons. The Morgan fingerprint density at radius 3 is 2.36 bits per heavy atom. The average molecular weight is 324 g/mol. The van der Waals surface area contributed by atoms with Gasteiger partial charge in [0.2, 0.25) is 0 Å². The highest BCUT2D eigenvalue weighted by molar-refractivity contribution is 7.90. The van der Waals surface area contributed by atoms with Crippen LogP contribution >= 0.6 is 0 Å². The van der Waals surface area contributed by atoms with E-state index in [1.54, 1.807) is 30.3 Å². The number of benzene rings is 2. The number of halogens is 1. The fourth-order valence-corrected chi connectivity index (χ4v) is 3.47. The van der Waals surface area contributed by atoms with E-state index >= 15 is 0 Å². The molecule has 0 aliphatic heterocycles. The number of aliphatic hydroxyl groups is 1. The van der Waals surface area contributed by atoms with Crippen LogP contribution in [-0.4, -0.2) is 32.0 Å². The third kappa shape index (κ3) is 5.13. The minimum atomic E-state index is -3.63. The Bertz CT molecular complexity index is 701. The largest absolute Gasteiger partial charge is 0.491 e. The highest BCUT2D eigenvalue weighted by Crippen LogP contribution is 2.13. The van der Waals surface area contributed by atoms with Crippen LogP contribution < -0.4 is 4.74 Å². The van der Waals surface area contributed by atoms with Gasteiger partial charge in [0, 0.05) is 5.56 Å². The topological polar surface area (TPSA) is 63.6 Å². The molecule has 0 aliphatic rings. The molecule has 2 rings (SSSR count). The van der Waals surface area contributed by atoms with Gasteiger partial charge in [0.05, 0.1) is 11.5 Å². The molecule has 0 aliphatic carbocycles. The van der Waals surface area contributed by atoms with E-state index in [0.717, 1.165) is 0 Å².